The molecule has 0 bridgehead atoms. The number of anilines is 1. The highest BCUT2D eigenvalue weighted by Crippen LogP contribution is 2.44. The van der Waals surface area contributed by atoms with Gasteiger partial charge in [-0.3, -0.25) is 4.79 Å². The molecular weight excluding hydrogens is 362 g/mol. The van der Waals surface area contributed by atoms with Crippen LogP contribution in [0.3, 0.4) is 0 Å². The van der Waals surface area contributed by atoms with Crippen LogP contribution in [0.2, 0.25) is 5.02 Å². The van der Waals surface area contributed by atoms with E-state index in [0.29, 0.717) is 10.7 Å². The number of hydrogen-bond donors (Lipinski definition) is 1. The first-order valence-electron chi connectivity index (χ1n) is 8.57. The van der Waals surface area contributed by atoms with E-state index in [-0.39, 0.29) is 5.91 Å². The van der Waals surface area contributed by atoms with E-state index in [1.165, 1.54) is 0 Å². The number of ether oxygens (including phenoxy) is 5. The van der Waals surface area contributed by atoms with Crippen molar-refractivity contribution < 1.29 is 28.5 Å². The van der Waals surface area contributed by atoms with Gasteiger partial charge in [0.25, 0.3) is 5.91 Å². The molecule has 0 aromatic heterocycles. The summed E-state index contributed by atoms with van der Waals surface area (Å²) < 4.78 is 29.6. The first-order chi connectivity index (χ1) is 12.1. The summed E-state index contributed by atoms with van der Waals surface area (Å²) in [6.45, 7) is 7.19. The van der Waals surface area contributed by atoms with Crippen molar-refractivity contribution in [1.82, 2.24) is 0 Å². The first kappa shape index (κ1) is 18.2. The van der Waals surface area contributed by atoms with Crippen LogP contribution in [0.15, 0.2) is 24.3 Å². The van der Waals surface area contributed by atoms with Crippen LogP contribution in [0.25, 0.3) is 0 Å². The number of amides is 1. The van der Waals surface area contributed by atoms with E-state index in [2.05, 4.69) is 5.32 Å². The second-order valence-electron chi connectivity index (χ2n) is 7.59. The monoisotopic (exact) mass is 383 g/mol. The Morgan fingerprint density at radius 1 is 1.00 bits per heavy atom. The molecule has 0 saturated carbocycles. The Morgan fingerprint density at radius 2 is 1.65 bits per heavy atom. The average Bonchev–Trinajstić information content (AvgIpc) is 3.00. The Balaban J connectivity index is 1.58. The Hall–Kier alpha value is -1.22. The molecule has 3 fully saturated rings. The standard InChI is InChI=1S/C18H22ClNO6/c1-17(2)23-11-12(24-17)14-16(26-18(3,4)25-14)22-13(11)15(21)20-10-7-5-6-9(19)8-10/h5-8,11-14,16H,1-4H3,(H,20,21)/t11-,12+,13-,14-,16+/m1/s1. The van der Waals surface area contributed by atoms with Gasteiger partial charge in [-0.1, -0.05) is 17.7 Å². The van der Waals surface area contributed by atoms with Crippen LogP contribution < -0.4 is 5.32 Å². The number of benzene rings is 1. The predicted octanol–water partition coefficient (Wildman–Crippen LogP) is 2.68. The van der Waals surface area contributed by atoms with Crippen molar-refractivity contribution in [1.29, 1.82) is 0 Å². The highest BCUT2D eigenvalue weighted by molar-refractivity contribution is 6.30. The molecular formula is C18H22ClNO6. The third-order valence-electron chi connectivity index (χ3n) is 4.51. The highest BCUT2D eigenvalue weighted by atomic mass is 35.5. The van der Waals surface area contributed by atoms with Crippen molar-refractivity contribution in [2.45, 2.75) is 70.0 Å². The fraction of sp³-hybridized carbons (Fsp3) is 0.611. The number of hydrogen-bond acceptors (Lipinski definition) is 6. The number of nitrogens with one attached hydrogen (secondary N) is 1. The van der Waals surface area contributed by atoms with Gasteiger partial charge in [0.15, 0.2) is 24.0 Å². The van der Waals surface area contributed by atoms with Gasteiger partial charge in [-0.2, -0.15) is 0 Å². The molecule has 1 aromatic rings. The van der Waals surface area contributed by atoms with Crippen LogP contribution in [-0.2, 0) is 28.5 Å². The first-order valence-corrected chi connectivity index (χ1v) is 8.95. The van der Waals surface area contributed by atoms with Crippen molar-refractivity contribution >= 4 is 23.2 Å². The fourth-order valence-electron chi connectivity index (χ4n) is 3.60. The molecule has 3 saturated heterocycles. The Kier molecular flexibility index (Phi) is 4.30. The van der Waals surface area contributed by atoms with Crippen LogP contribution in [0.1, 0.15) is 27.7 Å². The summed E-state index contributed by atoms with van der Waals surface area (Å²) in [4.78, 5) is 12.9. The van der Waals surface area contributed by atoms with Gasteiger partial charge in [0.2, 0.25) is 0 Å². The molecule has 4 rings (SSSR count). The summed E-state index contributed by atoms with van der Waals surface area (Å²) in [6.07, 6.45) is -3.16. The van der Waals surface area contributed by atoms with E-state index in [1.807, 2.05) is 0 Å². The van der Waals surface area contributed by atoms with Gasteiger partial charge >= 0.3 is 0 Å². The maximum Gasteiger partial charge on any atom is 0.256 e. The minimum atomic E-state index is -0.903. The third kappa shape index (κ3) is 3.35. The Labute approximate surface area is 156 Å². The van der Waals surface area contributed by atoms with Crippen molar-refractivity contribution in [3.05, 3.63) is 29.3 Å². The van der Waals surface area contributed by atoms with E-state index >= 15 is 0 Å². The molecule has 0 unspecified atom stereocenters. The summed E-state index contributed by atoms with van der Waals surface area (Å²) in [5, 5.41) is 3.34. The molecule has 7 nitrogen and oxygen atoms in total. The number of halogens is 1. The van der Waals surface area contributed by atoms with Gasteiger partial charge in [-0.25, -0.2) is 0 Å². The number of carbonyl (C=O) groups excluding carboxylic acids is 1. The third-order valence-corrected chi connectivity index (χ3v) is 4.74. The molecule has 26 heavy (non-hydrogen) atoms. The van der Waals surface area contributed by atoms with E-state index in [0.717, 1.165) is 0 Å². The molecule has 142 valence electrons. The maximum atomic E-state index is 12.9. The van der Waals surface area contributed by atoms with Gasteiger partial charge in [0, 0.05) is 10.7 Å². The summed E-state index contributed by atoms with van der Waals surface area (Å²) in [5.74, 6) is -2.03. The smallest absolute Gasteiger partial charge is 0.256 e. The molecule has 5 atom stereocenters. The lowest BCUT2D eigenvalue weighted by Crippen LogP contribution is -2.58. The number of rotatable bonds is 2. The number of fused-ring (bicyclic) bond motifs is 3. The largest absolute Gasteiger partial charge is 0.342 e. The zero-order valence-corrected chi connectivity index (χ0v) is 15.8. The van der Waals surface area contributed by atoms with Crippen molar-refractivity contribution in [2.75, 3.05) is 5.32 Å². The molecule has 1 N–H and O–H groups in total. The molecule has 1 amide bonds. The number of carbonyl (C=O) groups is 1. The van der Waals surface area contributed by atoms with Gasteiger partial charge in [0.05, 0.1) is 0 Å². The van der Waals surface area contributed by atoms with E-state index in [9.17, 15) is 4.79 Å². The van der Waals surface area contributed by atoms with Crippen LogP contribution in [0.4, 0.5) is 5.69 Å². The lowest BCUT2D eigenvalue weighted by Gasteiger charge is -2.36. The van der Waals surface area contributed by atoms with Crippen LogP contribution in [0.5, 0.6) is 0 Å². The Bertz CT molecular complexity index is 723. The van der Waals surface area contributed by atoms with E-state index in [4.69, 9.17) is 35.3 Å². The Morgan fingerprint density at radius 3 is 2.38 bits per heavy atom. The summed E-state index contributed by atoms with van der Waals surface area (Å²) in [6, 6.07) is 6.91. The van der Waals surface area contributed by atoms with Gasteiger partial charge in [0.1, 0.15) is 18.3 Å². The van der Waals surface area contributed by atoms with Crippen LogP contribution in [0, 0.1) is 0 Å². The molecule has 3 heterocycles. The molecule has 0 spiro atoms. The molecule has 3 aliphatic rings. The zero-order valence-electron chi connectivity index (χ0n) is 15.0. The fourth-order valence-corrected chi connectivity index (χ4v) is 3.79. The second-order valence-corrected chi connectivity index (χ2v) is 8.03. The maximum absolute atomic E-state index is 12.9. The minimum absolute atomic E-state index is 0.352. The SMILES string of the molecule is CC1(C)O[C@H]2[C@@H](O1)[C@H](C(=O)Nc1cccc(Cl)c1)O[C@H]1OC(C)(C)O[C@@H]12. The minimum Gasteiger partial charge on any atom is -0.342 e. The lowest BCUT2D eigenvalue weighted by molar-refractivity contribution is -0.229. The van der Waals surface area contributed by atoms with Crippen molar-refractivity contribution in [3.63, 3.8) is 0 Å². The normalized spacial score (nSPS) is 37.0. The summed E-state index contributed by atoms with van der Waals surface area (Å²) in [5.41, 5.74) is 0.576. The van der Waals surface area contributed by atoms with E-state index in [1.54, 1.807) is 52.0 Å². The molecule has 1 aromatic carbocycles. The molecule has 0 radical (unpaired) electrons. The van der Waals surface area contributed by atoms with Crippen LogP contribution >= 0.6 is 11.6 Å². The zero-order chi connectivity index (χ0) is 18.7. The quantitative estimate of drug-likeness (QED) is 0.846. The average molecular weight is 384 g/mol. The highest BCUT2D eigenvalue weighted by Gasteiger charge is 2.62. The topological polar surface area (TPSA) is 75.3 Å². The molecule has 0 aliphatic carbocycles. The van der Waals surface area contributed by atoms with Crippen molar-refractivity contribution in [3.8, 4) is 0 Å². The van der Waals surface area contributed by atoms with Crippen molar-refractivity contribution in [2.24, 2.45) is 0 Å². The second kappa shape index (κ2) is 6.15. The summed E-state index contributed by atoms with van der Waals surface area (Å²) >= 11 is 5.98. The predicted molar refractivity (Wildman–Crippen MR) is 92.6 cm³/mol. The van der Waals surface area contributed by atoms with Gasteiger partial charge in [-0.05, 0) is 45.9 Å². The van der Waals surface area contributed by atoms with Crippen LogP contribution in [-0.4, -0.2) is 48.2 Å². The van der Waals surface area contributed by atoms with Gasteiger partial charge in [-0.15, -0.1) is 0 Å². The van der Waals surface area contributed by atoms with E-state index < -0.39 is 42.3 Å². The molecule has 8 heteroatoms. The summed E-state index contributed by atoms with van der Waals surface area (Å²) in [7, 11) is 0. The molecule has 3 aliphatic heterocycles. The van der Waals surface area contributed by atoms with Gasteiger partial charge < -0.3 is 29.0 Å². The lowest BCUT2D eigenvalue weighted by atomic mass is 9.98.